The zero-order valence-electron chi connectivity index (χ0n) is 28.1. The van der Waals surface area contributed by atoms with Gasteiger partial charge in [-0.05, 0) is 62.4 Å². The Morgan fingerprint density at radius 3 is 1.77 bits per heavy atom. The van der Waals surface area contributed by atoms with Crippen LogP contribution >= 0.6 is 0 Å². The zero-order valence-corrected chi connectivity index (χ0v) is 28.1. The zero-order chi connectivity index (χ0) is 34.2. The van der Waals surface area contributed by atoms with Gasteiger partial charge in [-0.25, -0.2) is 9.97 Å². The summed E-state index contributed by atoms with van der Waals surface area (Å²) in [4.78, 5) is 10.3. The van der Waals surface area contributed by atoms with E-state index in [0.717, 1.165) is 55.9 Å². The Hall–Kier alpha value is -6.84. The highest BCUT2D eigenvalue weighted by atomic mass is 16.5. The highest BCUT2D eigenvalue weighted by Gasteiger charge is 2.50. The van der Waals surface area contributed by atoms with E-state index >= 15 is 0 Å². The Bertz CT molecular complexity index is 2840. The van der Waals surface area contributed by atoms with Gasteiger partial charge < -0.3 is 4.74 Å². The number of rotatable bonds is 3. The van der Waals surface area contributed by atoms with Crippen LogP contribution in [0.15, 0.2) is 182 Å². The fourth-order valence-corrected chi connectivity index (χ4v) is 8.70. The van der Waals surface area contributed by atoms with E-state index in [1.165, 1.54) is 38.6 Å². The predicted molar refractivity (Wildman–Crippen MR) is 211 cm³/mol. The fourth-order valence-electron chi connectivity index (χ4n) is 8.70. The molecule has 52 heavy (non-hydrogen) atoms. The molecule has 1 spiro atoms. The highest BCUT2D eigenvalue weighted by Crippen LogP contribution is 2.62. The summed E-state index contributed by atoms with van der Waals surface area (Å²) in [7, 11) is 0. The van der Waals surface area contributed by atoms with Crippen LogP contribution in [0.2, 0.25) is 0 Å². The van der Waals surface area contributed by atoms with E-state index in [-0.39, 0.29) is 0 Å². The number of ether oxygens (including phenoxy) is 1. The number of hydrogen-bond donors (Lipinski definition) is 0. The number of nitrogens with zero attached hydrogens (tertiary/aromatic N) is 2. The quantitative estimate of drug-likeness (QED) is 0.189. The highest BCUT2D eigenvalue weighted by molar-refractivity contribution is 6.03. The van der Waals surface area contributed by atoms with E-state index in [1.54, 1.807) is 0 Å². The van der Waals surface area contributed by atoms with Crippen LogP contribution in [0, 0.1) is 0 Å². The average molecular weight is 663 g/mol. The number of fused-ring (bicyclic) bond motifs is 11. The lowest BCUT2D eigenvalue weighted by Crippen LogP contribution is -2.32. The second-order valence-corrected chi connectivity index (χ2v) is 13.7. The van der Waals surface area contributed by atoms with Gasteiger partial charge in [-0.3, -0.25) is 0 Å². The summed E-state index contributed by atoms with van der Waals surface area (Å²) in [6, 6.07) is 64.7. The SMILES string of the molecule is c1ccc2c(c1)Oc1cc(-c3ccc(-c4nc(-c5cccc6ccccc56)c5ccccc5n4)cc3)ccc1C21c2ccccc2-c2ccccc21. The first kappa shape index (κ1) is 28.9. The Morgan fingerprint density at radius 1 is 0.385 bits per heavy atom. The summed E-state index contributed by atoms with van der Waals surface area (Å²) in [5, 5.41) is 3.41. The summed E-state index contributed by atoms with van der Waals surface area (Å²) in [6.45, 7) is 0. The molecule has 9 aromatic rings. The molecule has 0 atom stereocenters. The van der Waals surface area contributed by atoms with Crippen molar-refractivity contribution in [2.24, 2.45) is 0 Å². The average Bonchev–Trinajstić information content (AvgIpc) is 3.51. The van der Waals surface area contributed by atoms with Crippen LogP contribution < -0.4 is 4.74 Å². The molecule has 1 aliphatic carbocycles. The minimum Gasteiger partial charge on any atom is -0.457 e. The van der Waals surface area contributed by atoms with Crippen molar-refractivity contribution in [2.45, 2.75) is 5.41 Å². The Kier molecular flexibility index (Phi) is 6.17. The summed E-state index contributed by atoms with van der Waals surface area (Å²) in [6.07, 6.45) is 0. The van der Waals surface area contributed by atoms with Crippen molar-refractivity contribution in [3.8, 4) is 56.4 Å². The normalized spacial score (nSPS) is 13.3. The maximum Gasteiger partial charge on any atom is 0.160 e. The number of hydrogen-bond acceptors (Lipinski definition) is 3. The summed E-state index contributed by atoms with van der Waals surface area (Å²) < 4.78 is 6.76. The third-order valence-corrected chi connectivity index (χ3v) is 11.0. The van der Waals surface area contributed by atoms with Crippen LogP contribution in [0.1, 0.15) is 22.3 Å². The largest absolute Gasteiger partial charge is 0.457 e. The lowest BCUT2D eigenvalue weighted by atomic mass is 9.66. The van der Waals surface area contributed by atoms with Crippen molar-refractivity contribution in [1.82, 2.24) is 9.97 Å². The molecule has 1 aliphatic heterocycles. The molecule has 0 radical (unpaired) electrons. The fraction of sp³-hybridized carbons (Fsp3) is 0.0204. The molecule has 0 saturated carbocycles. The molecule has 8 aromatic carbocycles. The second kappa shape index (κ2) is 11.1. The van der Waals surface area contributed by atoms with Gasteiger partial charge in [-0.15, -0.1) is 0 Å². The van der Waals surface area contributed by atoms with Crippen LogP contribution in [0.3, 0.4) is 0 Å². The number of benzene rings is 8. The molecule has 3 nitrogen and oxygen atoms in total. The molecule has 0 unspecified atom stereocenters. The number of aromatic nitrogens is 2. The molecule has 3 heteroatoms. The van der Waals surface area contributed by atoms with E-state index in [4.69, 9.17) is 14.7 Å². The minimum absolute atomic E-state index is 0.463. The van der Waals surface area contributed by atoms with Crippen molar-refractivity contribution in [3.63, 3.8) is 0 Å². The summed E-state index contributed by atoms with van der Waals surface area (Å²) in [5.41, 5.74) is 13.2. The maximum atomic E-state index is 6.76. The summed E-state index contributed by atoms with van der Waals surface area (Å²) in [5.74, 6) is 2.48. The van der Waals surface area contributed by atoms with Gasteiger partial charge in [0.1, 0.15) is 11.5 Å². The molecule has 2 aliphatic rings. The van der Waals surface area contributed by atoms with Crippen LogP contribution in [0.25, 0.3) is 66.6 Å². The van der Waals surface area contributed by atoms with Crippen molar-refractivity contribution in [2.75, 3.05) is 0 Å². The Labute approximate surface area is 301 Å². The van der Waals surface area contributed by atoms with Crippen molar-refractivity contribution in [1.29, 1.82) is 0 Å². The van der Waals surface area contributed by atoms with Gasteiger partial charge in [0, 0.05) is 27.6 Å². The molecule has 11 rings (SSSR count). The second-order valence-electron chi connectivity index (χ2n) is 13.7. The van der Waals surface area contributed by atoms with Crippen molar-refractivity contribution >= 4 is 21.7 Å². The van der Waals surface area contributed by atoms with E-state index in [9.17, 15) is 0 Å². The molecule has 0 amide bonds. The molecular weight excluding hydrogens is 633 g/mol. The molecule has 0 N–H and O–H groups in total. The molecule has 2 heterocycles. The third kappa shape index (κ3) is 4.08. The lowest BCUT2D eigenvalue weighted by Gasteiger charge is -2.39. The molecule has 0 saturated heterocycles. The smallest absolute Gasteiger partial charge is 0.160 e. The molecule has 0 bridgehead atoms. The number of para-hydroxylation sites is 2. The molecule has 0 fully saturated rings. The lowest BCUT2D eigenvalue weighted by molar-refractivity contribution is 0.436. The van der Waals surface area contributed by atoms with Crippen LogP contribution in [-0.2, 0) is 5.41 Å². The van der Waals surface area contributed by atoms with Gasteiger partial charge in [0.05, 0.1) is 16.6 Å². The summed E-state index contributed by atoms with van der Waals surface area (Å²) >= 11 is 0. The van der Waals surface area contributed by atoms with E-state index < -0.39 is 5.41 Å². The van der Waals surface area contributed by atoms with Crippen molar-refractivity contribution in [3.05, 3.63) is 204 Å². The molecule has 1 aromatic heterocycles. The minimum atomic E-state index is -0.463. The van der Waals surface area contributed by atoms with Crippen molar-refractivity contribution < 1.29 is 4.74 Å². The van der Waals surface area contributed by atoms with Gasteiger partial charge in [0.2, 0.25) is 0 Å². The molecular formula is C49H30N2O. The predicted octanol–water partition coefficient (Wildman–Crippen LogP) is 12.3. The standard InChI is InChI=1S/C49H30N2O/c1-2-14-35-32(12-1)13-11-18-38(35)47-39-17-5-9-22-44(39)50-48(51-47)33-26-24-31(25-27-33)34-28-29-43-46(30-34)52-45-23-10-8-21-42(45)49(43)40-19-6-3-15-36(40)37-16-4-7-20-41(37)49/h1-30H. The van der Waals surface area contributed by atoms with Gasteiger partial charge >= 0.3 is 0 Å². The first-order valence-corrected chi connectivity index (χ1v) is 17.7. The van der Waals surface area contributed by atoms with Gasteiger partial charge in [-0.1, -0.05) is 164 Å². The Morgan fingerprint density at radius 2 is 0.962 bits per heavy atom. The van der Waals surface area contributed by atoms with Crippen LogP contribution in [-0.4, -0.2) is 9.97 Å². The third-order valence-electron chi connectivity index (χ3n) is 11.0. The van der Waals surface area contributed by atoms with Gasteiger partial charge in [-0.2, -0.15) is 0 Å². The van der Waals surface area contributed by atoms with E-state index in [1.807, 2.05) is 6.07 Å². The van der Waals surface area contributed by atoms with E-state index in [0.29, 0.717) is 5.82 Å². The van der Waals surface area contributed by atoms with Crippen LogP contribution in [0.5, 0.6) is 11.5 Å². The monoisotopic (exact) mass is 662 g/mol. The molecule has 242 valence electrons. The van der Waals surface area contributed by atoms with Gasteiger partial charge in [0.15, 0.2) is 5.82 Å². The van der Waals surface area contributed by atoms with E-state index in [2.05, 4.69) is 176 Å². The topological polar surface area (TPSA) is 35.0 Å². The van der Waals surface area contributed by atoms with Crippen LogP contribution in [0.4, 0.5) is 0 Å². The van der Waals surface area contributed by atoms with Gasteiger partial charge in [0.25, 0.3) is 0 Å². The first-order valence-electron chi connectivity index (χ1n) is 17.7. The maximum absolute atomic E-state index is 6.76. The first-order chi connectivity index (χ1) is 25.8. The Balaban J connectivity index is 1.03.